The summed E-state index contributed by atoms with van der Waals surface area (Å²) in [5.41, 5.74) is 1.82. The standard InChI is InChI=1S/C14H15N3O2/c1-16(19-2)14(18)9-8-12-10-15-17(11-12)13-6-4-3-5-7-13/h3-11H,1-2H3/b9-8+. The molecule has 98 valence electrons. The molecule has 0 fully saturated rings. The summed E-state index contributed by atoms with van der Waals surface area (Å²) in [6, 6.07) is 9.77. The van der Waals surface area contributed by atoms with Crippen LogP contribution >= 0.6 is 0 Å². The number of aromatic nitrogens is 2. The molecular formula is C14H15N3O2. The molecule has 0 saturated carbocycles. The Balaban J connectivity index is 2.10. The van der Waals surface area contributed by atoms with Gasteiger partial charge in [0.2, 0.25) is 0 Å². The van der Waals surface area contributed by atoms with Crippen LogP contribution in [-0.4, -0.2) is 34.9 Å². The predicted molar refractivity (Wildman–Crippen MR) is 72.4 cm³/mol. The number of hydrogen-bond acceptors (Lipinski definition) is 3. The molecule has 2 aromatic rings. The number of amides is 1. The number of carbonyl (C=O) groups excluding carboxylic acids is 1. The summed E-state index contributed by atoms with van der Waals surface area (Å²) >= 11 is 0. The Labute approximate surface area is 111 Å². The lowest BCUT2D eigenvalue weighted by atomic mass is 10.3. The Hall–Kier alpha value is -2.40. The highest BCUT2D eigenvalue weighted by molar-refractivity contribution is 5.90. The molecule has 0 radical (unpaired) electrons. The van der Waals surface area contributed by atoms with E-state index in [0.29, 0.717) is 0 Å². The molecule has 5 heteroatoms. The molecule has 1 aromatic carbocycles. The fourth-order valence-corrected chi connectivity index (χ4v) is 1.51. The fourth-order valence-electron chi connectivity index (χ4n) is 1.51. The van der Waals surface area contributed by atoms with Crippen LogP contribution in [0, 0.1) is 0 Å². The monoisotopic (exact) mass is 257 g/mol. The Kier molecular flexibility index (Phi) is 4.10. The van der Waals surface area contributed by atoms with Crippen LogP contribution in [0.5, 0.6) is 0 Å². The van der Waals surface area contributed by atoms with Crippen LogP contribution in [0.1, 0.15) is 5.56 Å². The molecule has 0 aliphatic carbocycles. The van der Waals surface area contributed by atoms with Gasteiger partial charge < -0.3 is 0 Å². The fraction of sp³-hybridized carbons (Fsp3) is 0.143. The van der Waals surface area contributed by atoms with Crippen LogP contribution in [0.25, 0.3) is 11.8 Å². The van der Waals surface area contributed by atoms with E-state index >= 15 is 0 Å². The second-order valence-electron chi connectivity index (χ2n) is 3.91. The number of hydroxylamine groups is 2. The molecule has 2 rings (SSSR count). The summed E-state index contributed by atoms with van der Waals surface area (Å²) in [7, 11) is 3.00. The van der Waals surface area contributed by atoms with Gasteiger partial charge in [-0.05, 0) is 18.2 Å². The average molecular weight is 257 g/mol. The highest BCUT2D eigenvalue weighted by Crippen LogP contribution is 2.08. The topological polar surface area (TPSA) is 47.4 Å². The lowest BCUT2D eigenvalue weighted by molar-refractivity contribution is -0.162. The Bertz CT molecular complexity index is 575. The molecule has 0 atom stereocenters. The first-order valence-electron chi connectivity index (χ1n) is 5.80. The lowest BCUT2D eigenvalue weighted by Gasteiger charge is -2.09. The minimum atomic E-state index is -0.227. The summed E-state index contributed by atoms with van der Waals surface area (Å²) in [5.74, 6) is -0.227. The van der Waals surface area contributed by atoms with Crippen LogP contribution in [0.3, 0.4) is 0 Å². The minimum Gasteiger partial charge on any atom is -0.274 e. The highest BCUT2D eigenvalue weighted by atomic mass is 16.7. The van der Waals surface area contributed by atoms with Crippen LogP contribution in [0.15, 0.2) is 48.8 Å². The van der Waals surface area contributed by atoms with Gasteiger partial charge in [0.25, 0.3) is 5.91 Å². The highest BCUT2D eigenvalue weighted by Gasteiger charge is 2.03. The molecule has 0 bridgehead atoms. The molecule has 5 nitrogen and oxygen atoms in total. The summed E-state index contributed by atoms with van der Waals surface area (Å²) in [5, 5.41) is 5.39. The van der Waals surface area contributed by atoms with Gasteiger partial charge in [-0.3, -0.25) is 9.63 Å². The first kappa shape index (κ1) is 13.0. The second-order valence-corrected chi connectivity index (χ2v) is 3.91. The van der Waals surface area contributed by atoms with E-state index in [1.165, 1.54) is 13.2 Å². The third-order valence-corrected chi connectivity index (χ3v) is 2.63. The third-order valence-electron chi connectivity index (χ3n) is 2.63. The normalized spacial score (nSPS) is 10.8. The van der Waals surface area contributed by atoms with Gasteiger partial charge in [0, 0.05) is 24.9 Å². The van der Waals surface area contributed by atoms with Crippen LogP contribution in [0.4, 0.5) is 0 Å². The van der Waals surface area contributed by atoms with Crippen molar-refractivity contribution in [3.63, 3.8) is 0 Å². The van der Waals surface area contributed by atoms with Gasteiger partial charge in [-0.2, -0.15) is 5.10 Å². The molecule has 0 aliphatic rings. The molecule has 0 aliphatic heterocycles. The molecular weight excluding hydrogens is 242 g/mol. The SMILES string of the molecule is CON(C)C(=O)/C=C/c1cnn(-c2ccccc2)c1. The summed E-state index contributed by atoms with van der Waals surface area (Å²) < 4.78 is 1.75. The van der Waals surface area contributed by atoms with Crippen molar-refractivity contribution in [2.45, 2.75) is 0 Å². The van der Waals surface area contributed by atoms with Gasteiger partial charge in [-0.15, -0.1) is 0 Å². The van der Waals surface area contributed by atoms with Crippen LogP contribution in [-0.2, 0) is 9.63 Å². The van der Waals surface area contributed by atoms with Crippen LogP contribution in [0.2, 0.25) is 0 Å². The summed E-state index contributed by atoms with van der Waals surface area (Å²) in [6.45, 7) is 0. The molecule has 19 heavy (non-hydrogen) atoms. The number of benzene rings is 1. The van der Waals surface area contributed by atoms with E-state index in [2.05, 4.69) is 5.10 Å². The zero-order valence-electron chi connectivity index (χ0n) is 10.9. The van der Waals surface area contributed by atoms with Crippen molar-refractivity contribution in [1.82, 2.24) is 14.8 Å². The van der Waals surface area contributed by atoms with Gasteiger partial charge in [-0.1, -0.05) is 18.2 Å². The maximum atomic E-state index is 11.5. The van der Waals surface area contributed by atoms with Gasteiger partial charge in [0.15, 0.2) is 0 Å². The number of carbonyl (C=O) groups is 1. The Morgan fingerprint density at radius 1 is 1.37 bits per heavy atom. The number of likely N-dealkylation sites (N-methyl/N-ethyl adjacent to an activating group) is 1. The molecule has 1 amide bonds. The number of hydrogen-bond donors (Lipinski definition) is 0. The first-order chi connectivity index (χ1) is 9.20. The van der Waals surface area contributed by atoms with Gasteiger partial charge >= 0.3 is 0 Å². The number of nitrogens with zero attached hydrogens (tertiary/aromatic N) is 3. The molecule has 0 N–H and O–H groups in total. The summed E-state index contributed by atoms with van der Waals surface area (Å²) in [4.78, 5) is 16.3. The van der Waals surface area contributed by atoms with Crippen molar-refractivity contribution < 1.29 is 9.63 Å². The Morgan fingerprint density at radius 2 is 2.11 bits per heavy atom. The smallest absolute Gasteiger partial charge is 0.269 e. The van der Waals surface area contributed by atoms with E-state index in [9.17, 15) is 4.79 Å². The average Bonchev–Trinajstić information content (AvgIpc) is 2.93. The summed E-state index contributed by atoms with van der Waals surface area (Å²) in [6.07, 6.45) is 6.69. The van der Waals surface area contributed by atoms with E-state index in [4.69, 9.17) is 4.84 Å². The van der Waals surface area contributed by atoms with Crippen molar-refractivity contribution in [3.8, 4) is 5.69 Å². The first-order valence-corrected chi connectivity index (χ1v) is 5.80. The predicted octanol–water partition coefficient (Wildman–Crippen LogP) is 1.91. The lowest BCUT2D eigenvalue weighted by Crippen LogP contribution is -2.22. The third kappa shape index (κ3) is 3.29. The molecule has 0 saturated heterocycles. The minimum absolute atomic E-state index is 0.227. The van der Waals surface area contributed by atoms with Crippen molar-refractivity contribution in [3.05, 3.63) is 54.4 Å². The van der Waals surface area contributed by atoms with E-state index in [0.717, 1.165) is 16.3 Å². The maximum absolute atomic E-state index is 11.5. The molecule has 1 aromatic heterocycles. The number of rotatable bonds is 4. The zero-order chi connectivity index (χ0) is 13.7. The van der Waals surface area contributed by atoms with Crippen molar-refractivity contribution in [2.75, 3.05) is 14.2 Å². The maximum Gasteiger partial charge on any atom is 0.269 e. The largest absolute Gasteiger partial charge is 0.274 e. The molecule has 0 spiro atoms. The molecule has 0 unspecified atom stereocenters. The van der Waals surface area contributed by atoms with Crippen molar-refractivity contribution in [1.29, 1.82) is 0 Å². The quantitative estimate of drug-likeness (QED) is 0.621. The van der Waals surface area contributed by atoms with E-state index in [-0.39, 0.29) is 5.91 Å². The molecule has 1 heterocycles. The van der Waals surface area contributed by atoms with E-state index < -0.39 is 0 Å². The van der Waals surface area contributed by atoms with Crippen molar-refractivity contribution in [2.24, 2.45) is 0 Å². The van der Waals surface area contributed by atoms with E-state index in [1.54, 1.807) is 24.0 Å². The van der Waals surface area contributed by atoms with Crippen LogP contribution < -0.4 is 0 Å². The van der Waals surface area contributed by atoms with Gasteiger partial charge in [-0.25, -0.2) is 9.75 Å². The zero-order valence-corrected chi connectivity index (χ0v) is 10.9. The van der Waals surface area contributed by atoms with Crippen molar-refractivity contribution >= 4 is 12.0 Å². The number of para-hydroxylation sites is 1. The van der Waals surface area contributed by atoms with Gasteiger partial charge in [0.1, 0.15) is 0 Å². The van der Waals surface area contributed by atoms with E-state index in [1.807, 2.05) is 36.5 Å². The van der Waals surface area contributed by atoms with Gasteiger partial charge in [0.05, 0.1) is 19.0 Å². The Morgan fingerprint density at radius 3 is 2.79 bits per heavy atom. The second kappa shape index (κ2) is 5.97.